The number of halogens is 3. The summed E-state index contributed by atoms with van der Waals surface area (Å²) in [5, 5.41) is 4.73. The molecule has 2 aromatic carbocycles. The molecule has 0 saturated heterocycles. The topological polar surface area (TPSA) is 65.7 Å². The molecule has 4 aromatic rings. The molecule has 0 spiro atoms. The largest absolute Gasteiger partial charge is 0.573 e. The number of pyridine rings is 1. The number of hydrogen-bond donors (Lipinski definition) is 0. The van der Waals surface area contributed by atoms with E-state index in [2.05, 4.69) is 9.72 Å². The van der Waals surface area contributed by atoms with Crippen molar-refractivity contribution in [3.63, 3.8) is 0 Å². The standard InChI is InChI=1S/C28H26F3N3O3/c1-17(26(35)21-9-10-21)18(2)27-32-25-8-4-7-24(34(25)33-27)20-11-13-22(14-12-20)36-16-19-5-3-6-23(15-19)37-28(29,30)31/h3-8,11-15,17-18,21H,9-10,16H2,1-2H3. The van der Waals surface area contributed by atoms with Gasteiger partial charge in [0.1, 0.15) is 23.9 Å². The van der Waals surface area contributed by atoms with Crippen LogP contribution in [-0.4, -0.2) is 26.7 Å². The van der Waals surface area contributed by atoms with Crippen molar-refractivity contribution in [2.24, 2.45) is 11.8 Å². The molecule has 1 aliphatic rings. The summed E-state index contributed by atoms with van der Waals surface area (Å²) in [6, 6.07) is 18.8. The Balaban J connectivity index is 1.30. The number of rotatable bonds is 9. The summed E-state index contributed by atoms with van der Waals surface area (Å²) in [4.78, 5) is 17.2. The number of ketones is 1. The molecule has 0 aliphatic heterocycles. The minimum atomic E-state index is -4.74. The molecule has 1 aliphatic carbocycles. The first-order valence-corrected chi connectivity index (χ1v) is 12.2. The lowest BCUT2D eigenvalue weighted by atomic mass is 9.89. The van der Waals surface area contributed by atoms with Gasteiger partial charge in [-0.3, -0.25) is 4.79 Å². The number of hydrogen-bond acceptors (Lipinski definition) is 5. The van der Waals surface area contributed by atoms with Crippen molar-refractivity contribution in [1.82, 2.24) is 14.6 Å². The van der Waals surface area contributed by atoms with Crippen molar-refractivity contribution in [2.45, 2.75) is 45.6 Å². The van der Waals surface area contributed by atoms with Gasteiger partial charge in [-0.1, -0.05) is 32.0 Å². The predicted octanol–water partition coefficient (Wildman–Crippen LogP) is 6.59. The van der Waals surface area contributed by atoms with Crippen molar-refractivity contribution in [1.29, 1.82) is 0 Å². The molecule has 2 aromatic heterocycles. The van der Waals surface area contributed by atoms with Crippen molar-refractivity contribution in [3.8, 4) is 22.8 Å². The van der Waals surface area contributed by atoms with Crippen LogP contribution in [0, 0.1) is 11.8 Å². The molecule has 0 amide bonds. The second-order valence-corrected chi connectivity index (χ2v) is 9.41. The molecule has 2 heterocycles. The maximum atomic E-state index is 12.5. The fraction of sp³-hybridized carbons (Fsp3) is 0.321. The quantitative estimate of drug-likeness (QED) is 0.255. The van der Waals surface area contributed by atoms with E-state index >= 15 is 0 Å². The smallest absolute Gasteiger partial charge is 0.489 e. The average molecular weight is 510 g/mol. The van der Waals surface area contributed by atoms with Gasteiger partial charge < -0.3 is 9.47 Å². The molecule has 5 rings (SSSR count). The van der Waals surface area contributed by atoms with Crippen LogP contribution in [0.5, 0.6) is 11.5 Å². The van der Waals surface area contributed by atoms with E-state index in [1.807, 2.05) is 44.2 Å². The minimum absolute atomic E-state index is 0.0864. The molecule has 9 heteroatoms. The molecule has 6 nitrogen and oxygen atoms in total. The fourth-order valence-electron chi connectivity index (χ4n) is 4.26. The van der Waals surface area contributed by atoms with Crippen LogP contribution in [0.1, 0.15) is 44.0 Å². The molecule has 1 fully saturated rings. The summed E-state index contributed by atoms with van der Waals surface area (Å²) in [6.07, 6.45) is -2.78. The number of benzene rings is 2. The van der Waals surface area contributed by atoms with E-state index in [9.17, 15) is 18.0 Å². The Bertz CT molecular complexity index is 1410. The lowest BCUT2D eigenvalue weighted by Gasteiger charge is -2.15. The van der Waals surface area contributed by atoms with Crippen LogP contribution < -0.4 is 9.47 Å². The average Bonchev–Trinajstić information content (AvgIpc) is 3.63. The van der Waals surface area contributed by atoms with Crippen LogP contribution in [-0.2, 0) is 11.4 Å². The molecule has 0 bridgehead atoms. The summed E-state index contributed by atoms with van der Waals surface area (Å²) in [6.45, 7) is 4.04. The fourth-order valence-corrected chi connectivity index (χ4v) is 4.26. The van der Waals surface area contributed by atoms with Gasteiger partial charge in [0.2, 0.25) is 0 Å². The number of carbonyl (C=O) groups excluding carboxylic acids is 1. The molecular weight excluding hydrogens is 483 g/mol. The van der Waals surface area contributed by atoms with Crippen LogP contribution in [0.15, 0.2) is 66.7 Å². The monoisotopic (exact) mass is 509 g/mol. The zero-order valence-electron chi connectivity index (χ0n) is 20.4. The number of carbonyl (C=O) groups is 1. The maximum Gasteiger partial charge on any atom is 0.573 e. The number of ether oxygens (including phenoxy) is 2. The number of nitrogens with zero attached hydrogens (tertiary/aromatic N) is 3. The first-order valence-electron chi connectivity index (χ1n) is 12.2. The lowest BCUT2D eigenvalue weighted by Crippen LogP contribution is -2.20. The highest BCUT2D eigenvalue weighted by Crippen LogP contribution is 2.36. The summed E-state index contributed by atoms with van der Waals surface area (Å²) in [7, 11) is 0. The Morgan fingerprint density at radius 1 is 1.03 bits per heavy atom. The highest BCUT2D eigenvalue weighted by Gasteiger charge is 2.36. The molecule has 0 N–H and O–H groups in total. The second kappa shape index (κ2) is 9.88. The van der Waals surface area contributed by atoms with Gasteiger partial charge >= 0.3 is 6.36 Å². The van der Waals surface area contributed by atoms with Crippen molar-refractivity contribution >= 4 is 11.4 Å². The van der Waals surface area contributed by atoms with E-state index in [0.29, 0.717) is 28.6 Å². The molecule has 1 saturated carbocycles. The SMILES string of the molecule is CC(C(=O)C1CC1)C(C)c1nc2cccc(-c3ccc(OCc4cccc(OC(F)(F)F)c4)cc3)n2n1. The van der Waals surface area contributed by atoms with Crippen LogP contribution >= 0.6 is 0 Å². The number of fused-ring (bicyclic) bond motifs is 1. The number of alkyl halides is 3. The van der Waals surface area contributed by atoms with Gasteiger partial charge in [-0.05, 0) is 66.9 Å². The van der Waals surface area contributed by atoms with Crippen molar-refractivity contribution in [2.75, 3.05) is 0 Å². The molecule has 2 atom stereocenters. The van der Waals surface area contributed by atoms with Crippen molar-refractivity contribution < 1.29 is 27.4 Å². The van der Waals surface area contributed by atoms with Gasteiger partial charge in [0.15, 0.2) is 11.5 Å². The van der Waals surface area contributed by atoms with Gasteiger partial charge in [0.25, 0.3) is 0 Å². The Morgan fingerprint density at radius 3 is 2.46 bits per heavy atom. The van der Waals surface area contributed by atoms with E-state index in [1.54, 1.807) is 22.7 Å². The normalized spacial score (nSPS) is 15.4. The third-order valence-corrected chi connectivity index (χ3v) is 6.65. The predicted molar refractivity (Wildman–Crippen MR) is 131 cm³/mol. The van der Waals surface area contributed by atoms with Crippen LogP contribution in [0.25, 0.3) is 16.9 Å². The van der Waals surface area contributed by atoms with E-state index in [4.69, 9.17) is 9.84 Å². The summed E-state index contributed by atoms with van der Waals surface area (Å²) < 4.78 is 48.9. The zero-order chi connectivity index (χ0) is 26.2. The number of Topliss-reactive ketones (excluding diaryl/α,β-unsaturated/α-hetero) is 1. The van der Waals surface area contributed by atoms with E-state index in [1.165, 1.54) is 18.2 Å². The Morgan fingerprint density at radius 2 is 1.76 bits per heavy atom. The lowest BCUT2D eigenvalue weighted by molar-refractivity contribution is -0.274. The number of aromatic nitrogens is 3. The Hall–Kier alpha value is -3.88. The highest BCUT2D eigenvalue weighted by molar-refractivity contribution is 5.85. The van der Waals surface area contributed by atoms with Crippen molar-refractivity contribution in [3.05, 3.63) is 78.1 Å². The molecule has 192 valence electrons. The third-order valence-electron chi connectivity index (χ3n) is 6.65. The molecular formula is C28H26F3N3O3. The van der Waals surface area contributed by atoms with Crippen LogP contribution in [0.2, 0.25) is 0 Å². The molecule has 2 unspecified atom stereocenters. The first-order chi connectivity index (χ1) is 17.7. The van der Waals surface area contributed by atoms with Crippen LogP contribution in [0.3, 0.4) is 0 Å². The van der Waals surface area contributed by atoms with E-state index in [0.717, 1.165) is 24.1 Å². The first kappa shape index (κ1) is 24.8. The summed E-state index contributed by atoms with van der Waals surface area (Å²) in [5.74, 6) is 1.20. The van der Waals surface area contributed by atoms with Gasteiger partial charge in [-0.25, -0.2) is 9.50 Å². The van der Waals surface area contributed by atoms with Gasteiger partial charge in [0, 0.05) is 23.3 Å². The van der Waals surface area contributed by atoms with E-state index in [-0.39, 0.29) is 30.1 Å². The highest BCUT2D eigenvalue weighted by atomic mass is 19.4. The van der Waals surface area contributed by atoms with Gasteiger partial charge in [-0.2, -0.15) is 5.10 Å². The van der Waals surface area contributed by atoms with Crippen LogP contribution in [0.4, 0.5) is 13.2 Å². The Kier molecular flexibility index (Phi) is 6.62. The summed E-state index contributed by atoms with van der Waals surface area (Å²) in [5.41, 5.74) is 2.99. The second-order valence-electron chi connectivity index (χ2n) is 9.41. The third kappa shape index (κ3) is 5.76. The molecule has 37 heavy (non-hydrogen) atoms. The molecule has 0 radical (unpaired) electrons. The summed E-state index contributed by atoms with van der Waals surface area (Å²) >= 11 is 0. The zero-order valence-corrected chi connectivity index (χ0v) is 20.4. The van der Waals surface area contributed by atoms with Gasteiger partial charge in [-0.15, -0.1) is 13.2 Å². The van der Waals surface area contributed by atoms with Gasteiger partial charge in [0.05, 0.1) is 5.69 Å². The maximum absolute atomic E-state index is 12.5. The Labute approximate surface area is 212 Å². The van der Waals surface area contributed by atoms with E-state index < -0.39 is 6.36 Å². The minimum Gasteiger partial charge on any atom is -0.489 e.